The third-order valence-electron chi connectivity index (χ3n) is 11.1. The van der Waals surface area contributed by atoms with Gasteiger partial charge in [0.1, 0.15) is 0 Å². The second-order valence-electron chi connectivity index (χ2n) is 14.4. The van der Waals surface area contributed by atoms with E-state index in [2.05, 4.69) is 241 Å². The monoisotopic (exact) mass is 725 g/mol. The highest BCUT2D eigenvalue weighted by molar-refractivity contribution is 6.09. The van der Waals surface area contributed by atoms with Gasteiger partial charge in [0.15, 0.2) is 0 Å². The van der Waals surface area contributed by atoms with Gasteiger partial charge in [-0.2, -0.15) is 0 Å². The van der Waals surface area contributed by atoms with E-state index in [4.69, 9.17) is 0 Å². The maximum Gasteiger partial charge on any atom is 0.0546 e. The molecular weight excluding hydrogens is 687 g/mol. The zero-order chi connectivity index (χ0) is 38.0. The van der Waals surface area contributed by atoms with Crippen LogP contribution in [-0.4, -0.2) is 0 Å². The summed E-state index contributed by atoms with van der Waals surface area (Å²) in [6.07, 6.45) is 0. The van der Waals surface area contributed by atoms with Crippen LogP contribution >= 0.6 is 0 Å². The number of anilines is 3. The Hall–Kier alpha value is -7.48. The lowest BCUT2D eigenvalue weighted by Crippen LogP contribution is -2.13. The fraction of sp³-hybridized carbons (Fsp3) is 0. The molecule has 0 heterocycles. The Morgan fingerprint density at radius 1 is 0.263 bits per heavy atom. The first-order chi connectivity index (χ1) is 28.3. The summed E-state index contributed by atoms with van der Waals surface area (Å²) in [5.41, 5.74) is 15.2. The lowest BCUT2D eigenvalue weighted by atomic mass is 9.89. The van der Waals surface area contributed by atoms with Crippen LogP contribution in [0.5, 0.6) is 0 Å². The van der Waals surface area contributed by atoms with Crippen LogP contribution in [0.2, 0.25) is 0 Å². The lowest BCUT2D eigenvalue weighted by molar-refractivity contribution is 1.28. The second kappa shape index (κ2) is 15.0. The number of fused-ring (bicyclic) bond motifs is 2. The van der Waals surface area contributed by atoms with Gasteiger partial charge in [-0.25, -0.2) is 0 Å². The molecule has 0 saturated heterocycles. The molecule has 0 aromatic heterocycles. The van der Waals surface area contributed by atoms with Gasteiger partial charge in [0.25, 0.3) is 0 Å². The normalized spacial score (nSPS) is 11.2. The lowest BCUT2D eigenvalue weighted by Gasteiger charge is -2.31. The van der Waals surface area contributed by atoms with E-state index in [0.717, 1.165) is 28.2 Å². The Balaban J connectivity index is 1.28. The van der Waals surface area contributed by atoms with Crippen molar-refractivity contribution in [1.29, 1.82) is 0 Å². The Kier molecular flexibility index (Phi) is 8.95. The van der Waals surface area contributed by atoms with Crippen LogP contribution in [0.4, 0.5) is 17.1 Å². The summed E-state index contributed by atoms with van der Waals surface area (Å²) in [6.45, 7) is 0. The molecule has 0 amide bonds. The van der Waals surface area contributed by atoms with Crippen molar-refractivity contribution >= 4 is 38.6 Å². The number of hydrogen-bond acceptors (Lipinski definition) is 1. The van der Waals surface area contributed by atoms with Gasteiger partial charge in [-0.05, 0) is 90.3 Å². The Labute approximate surface area is 334 Å². The quantitative estimate of drug-likeness (QED) is 0.151. The first-order valence-corrected chi connectivity index (χ1v) is 19.6. The van der Waals surface area contributed by atoms with Gasteiger partial charge in [0.05, 0.1) is 11.4 Å². The van der Waals surface area contributed by atoms with Gasteiger partial charge in [-0.3, -0.25) is 0 Å². The minimum absolute atomic E-state index is 1.08. The summed E-state index contributed by atoms with van der Waals surface area (Å²) in [5, 5.41) is 4.92. The van der Waals surface area contributed by atoms with E-state index in [1.54, 1.807) is 0 Å². The van der Waals surface area contributed by atoms with Gasteiger partial charge in [0, 0.05) is 16.8 Å². The molecule has 0 saturated carbocycles. The average Bonchev–Trinajstić information content (AvgIpc) is 3.29. The smallest absolute Gasteiger partial charge is 0.0546 e. The summed E-state index contributed by atoms with van der Waals surface area (Å²) >= 11 is 0. The molecule has 0 unspecified atom stereocenters. The van der Waals surface area contributed by atoms with Crippen LogP contribution in [0.3, 0.4) is 0 Å². The highest BCUT2D eigenvalue weighted by Crippen LogP contribution is 2.49. The van der Waals surface area contributed by atoms with Gasteiger partial charge in [-0.1, -0.05) is 212 Å². The van der Waals surface area contributed by atoms with Gasteiger partial charge in [-0.15, -0.1) is 0 Å². The van der Waals surface area contributed by atoms with E-state index >= 15 is 0 Å². The Morgan fingerprint density at radius 2 is 0.737 bits per heavy atom. The van der Waals surface area contributed by atoms with Crippen molar-refractivity contribution in [2.24, 2.45) is 0 Å². The molecule has 0 spiro atoms. The third-order valence-corrected chi connectivity index (χ3v) is 11.1. The van der Waals surface area contributed by atoms with Crippen molar-refractivity contribution in [1.82, 2.24) is 0 Å². The van der Waals surface area contributed by atoms with E-state index in [0.29, 0.717) is 0 Å². The van der Waals surface area contributed by atoms with Crippen LogP contribution in [0.25, 0.3) is 77.2 Å². The van der Waals surface area contributed by atoms with E-state index < -0.39 is 0 Å². The van der Waals surface area contributed by atoms with Crippen molar-refractivity contribution in [3.8, 4) is 55.6 Å². The molecule has 0 aliphatic carbocycles. The van der Waals surface area contributed by atoms with Crippen molar-refractivity contribution in [3.63, 3.8) is 0 Å². The molecule has 10 aromatic rings. The molecule has 0 fully saturated rings. The molecule has 0 aliphatic heterocycles. The fourth-order valence-corrected chi connectivity index (χ4v) is 8.51. The van der Waals surface area contributed by atoms with Crippen LogP contribution < -0.4 is 4.90 Å². The van der Waals surface area contributed by atoms with Crippen molar-refractivity contribution < 1.29 is 0 Å². The molecule has 0 radical (unpaired) electrons. The molecule has 1 nitrogen and oxygen atoms in total. The largest absolute Gasteiger partial charge is 0.309 e. The molecule has 0 bridgehead atoms. The molecule has 10 rings (SSSR count). The SMILES string of the molecule is c1ccc(-c2cccc(N(c3cccc(-c4cccc5ccccc45)c3)c3ccccc3-c3cccc4cccc(-c5ccccc5)c34)c2-c2ccccc2)cc1. The summed E-state index contributed by atoms with van der Waals surface area (Å²) in [5.74, 6) is 0. The molecule has 0 aliphatic rings. The fourth-order valence-electron chi connectivity index (χ4n) is 8.51. The Bertz CT molecular complexity index is 2990. The van der Waals surface area contributed by atoms with Gasteiger partial charge >= 0.3 is 0 Å². The number of benzene rings is 10. The first kappa shape index (κ1) is 34.0. The highest BCUT2D eigenvalue weighted by Gasteiger charge is 2.24. The molecular formula is C56H39N. The van der Waals surface area contributed by atoms with Crippen molar-refractivity contribution in [2.45, 2.75) is 0 Å². The van der Waals surface area contributed by atoms with Crippen LogP contribution in [0.1, 0.15) is 0 Å². The highest BCUT2D eigenvalue weighted by atomic mass is 15.1. The maximum absolute atomic E-state index is 2.49. The number of nitrogens with zero attached hydrogens (tertiary/aromatic N) is 1. The van der Waals surface area contributed by atoms with Crippen LogP contribution in [0, 0.1) is 0 Å². The van der Waals surface area contributed by atoms with Crippen LogP contribution in [-0.2, 0) is 0 Å². The second-order valence-corrected chi connectivity index (χ2v) is 14.4. The van der Waals surface area contributed by atoms with E-state index in [1.807, 2.05) is 0 Å². The molecule has 1 heteroatoms. The molecule has 0 N–H and O–H groups in total. The predicted octanol–water partition coefficient (Wildman–Crippen LogP) is 15.8. The molecule has 0 atom stereocenters. The number of para-hydroxylation sites is 1. The topological polar surface area (TPSA) is 3.24 Å². The van der Waals surface area contributed by atoms with Gasteiger partial charge < -0.3 is 4.90 Å². The summed E-state index contributed by atoms with van der Waals surface area (Å²) in [6, 6.07) is 85.8. The van der Waals surface area contributed by atoms with Crippen molar-refractivity contribution in [2.75, 3.05) is 4.90 Å². The number of hydrogen-bond donors (Lipinski definition) is 0. The molecule has 57 heavy (non-hydrogen) atoms. The zero-order valence-corrected chi connectivity index (χ0v) is 31.5. The summed E-state index contributed by atoms with van der Waals surface area (Å²) < 4.78 is 0. The maximum atomic E-state index is 2.49. The molecule has 10 aromatic carbocycles. The van der Waals surface area contributed by atoms with E-state index in [1.165, 1.54) is 66.1 Å². The predicted molar refractivity (Wildman–Crippen MR) is 243 cm³/mol. The average molecular weight is 726 g/mol. The van der Waals surface area contributed by atoms with Crippen LogP contribution in [0.15, 0.2) is 237 Å². The minimum Gasteiger partial charge on any atom is -0.309 e. The third kappa shape index (κ3) is 6.36. The van der Waals surface area contributed by atoms with Crippen molar-refractivity contribution in [3.05, 3.63) is 237 Å². The molecule has 268 valence electrons. The zero-order valence-electron chi connectivity index (χ0n) is 31.5. The number of rotatable bonds is 8. The van der Waals surface area contributed by atoms with E-state index in [-0.39, 0.29) is 0 Å². The minimum atomic E-state index is 1.08. The standard InChI is InChI=1S/C56H39N/c1-4-19-41(20-5-1)49-34-16-27-43-28-17-36-52(55(43)49)51-32-12-13-37-53(51)57(46-30-14-29-45(39-46)48-33-15-26-40-23-10-11-31-47(40)48)54-38-18-35-50(42-21-6-2-7-22-42)56(54)44-24-8-3-9-25-44/h1-39H. The van der Waals surface area contributed by atoms with E-state index in [9.17, 15) is 0 Å². The summed E-state index contributed by atoms with van der Waals surface area (Å²) in [4.78, 5) is 2.49. The summed E-state index contributed by atoms with van der Waals surface area (Å²) in [7, 11) is 0. The Morgan fingerprint density at radius 3 is 1.49 bits per heavy atom. The van der Waals surface area contributed by atoms with Gasteiger partial charge in [0.2, 0.25) is 0 Å². The first-order valence-electron chi connectivity index (χ1n) is 19.6.